The van der Waals surface area contributed by atoms with Crippen molar-refractivity contribution in [2.75, 3.05) is 36.7 Å². The lowest BCUT2D eigenvalue weighted by atomic mass is 9.72. The molecule has 0 spiro atoms. The summed E-state index contributed by atoms with van der Waals surface area (Å²) in [4.78, 5) is 49.2. The summed E-state index contributed by atoms with van der Waals surface area (Å²) in [6, 6.07) is 19.1. The number of nitrogens with zero attached hydrogens (tertiary/aromatic N) is 2. The zero-order valence-electron chi connectivity index (χ0n) is 31.6. The van der Waals surface area contributed by atoms with E-state index in [-0.39, 0.29) is 25.3 Å². The minimum Gasteiger partial charge on any atom is -0.472 e. The van der Waals surface area contributed by atoms with Crippen LogP contribution in [0.25, 0.3) is 0 Å². The van der Waals surface area contributed by atoms with Gasteiger partial charge >= 0.3 is 0 Å². The minimum atomic E-state index is -2.68. The first-order chi connectivity index (χ1) is 24.6. The number of hydrogen-bond donors (Lipinski definition) is 1. The Morgan fingerprint density at radius 2 is 1.60 bits per heavy atom. The van der Waals surface area contributed by atoms with Crippen LogP contribution in [-0.4, -0.2) is 66.0 Å². The number of nitrogens with one attached hydrogen (secondary N) is 1. The van der Waals surface area contributed by atoms with Crippen molar-refractivity contribution in [2.45, 2.75) is 96.0 Å². The summed E-state index contributed by atoms with van der Waals surface area (Å²) in [5.41, 5.74) is 3.03. The van der Waals surface area contributed by atoms with Gasteiger partial charge in [-0.2, -0.15) is 0 Å². The molecule has 1 N–H and O–H groups in total. The quantitative estimate of drug-likeness (QED) is 0.0790. The van der Waals surface area contributed by atoms with Crippen LogP contribution in [0.2, 0.25) is 5.02 Å². The van der Waals surface area contributed by atoms with Gasteiger partial charge in [-0.3, -0.25) is 19.2 Å². The molecule has 3 atom stereocenters. The van der Waals surface area contributed by atoms with E-state index in [1.54, 1.807) is 38.1 Å². The number of hydroxylamine groups is 1. The summed E-state index contributed by atoms with van der Waals surface area (Å²) in [6.07, 6.45) is 1.17. The summed E-state index contributed by atoms with van der Waals surface area (Å²) >= 11 is 21.7. The first kappa shape index (κ1) is 43.1. The number of carbonyl (C=O) groups is 3. The SMILES string of the molecule is CCCOCCN(C(=O)C(Cl)(CC)C(Oc1ccc(Cl)cc1C)(C(=O)NOC)C(C)(Cl)C(=O)N(c1cccc(C)c1)C(C)C)c1ccccc1CC. The molecule has 3 aromatic rings. The molecule has 12 heteroatoms. The van der Waals surface area contributed by atoms with Crippen molar-refractivity contribution in [2.24, 2.45) is 0 Å². The normalized spacial score (nSPS) is 14.9. The minimum absolute atomic E-state index is 0.0840. The topological polar surface area (TPSA) is 97.4 Å². The second-order valence-corrected chi connectivity index (χ2v) is 15.0. The van der Waals surface area contributed by atoms with E-state index in [9.17, 15) is 4.79 Å². The first-order valence-corrected chi connectivity index (χ1v) is 18.7. The summed E-state index contributed by atoms with van der Waals surface area (Å²) in [7, 11) is 1.23. The summed E-state index contributed by atoms with van der Waals surface area (Å²) < 4.78 is 12.7. The van der Waals surface area contributed by atoms with Gasteiger partial charge in [0.1, 0.15) is 5.75 Å². The summed E-state index contributed by atoms with van der Waals surface area (Å²) in [6.45, 7) is 15.0. The number of benzene rings is 3. The Hall–Kier alpha value is -3.34. The molecule has 0 saturated heterocycles. The number of amides is 3. The molecular formula is C40H52Cl3N3O6. The van der Waals surface area contributed by atoms with Crippen LogP contribution >= 0.6 is 34.8 Å². The Kier molecular flexibility index (Phi) is 15.4. The zero-order chi connectivity index (χ0) is 38.9. The number of hydrogen-bond acceptors (Lipinski definition) is 6. The largest absolute Gasteiger partial charge is 0.472 e. The lowest BCUT2D eigenvalue weighted by molar-refractivity contribution is -0.162. The molecule has 3 unspecified atom stereocenters. The highest BCUT2D eigenvalue weighted by atomic mass is 35.5. The van der Waals surface area contributed by atoms with Crippen molar-refractivity contribution in [1.29, 1.82) is 0 Å². The average molecular weight is 777 g/mol. The van der Waals surface area contributed by atoms with Crippen molar-refractivity contribution < 1.29 is 28.7 Å². The van der Waals surface area contributed by atoms with E-state index in [1.165, 1.54) is 23.8 Å². The fourth-order valence-corrected chi connectivity index (χ4v) is 7.49. The molecule has 52 heavy (non-hydrogen) atoms. The molecule has 0 aromatic heterocycles. The third-order valence-corrected chi connectivity index (χ3v) is 10.5. The molecule has 0 fully saturated rings. The van der Waals surface area contributed by atoms with Crippen LogP contribution in [0.1, 0.15) is 71.1 Å². The Morgan fingerprint density at radius 3 is 2.17 bits per heavy atom. The third-order valence-electron chi connectivity index (χ3n) is 9.09. The fraction of sp³-hybridized carbons (Fsp3) is 0.475. The maximum absolute atomic E-state index is 15.5. The Bertz CT molecular complexity index is 1700. The third kappa shape index (κ3) is 8.71. The maximum Gasteiger partial charge on any atom is 0.292 e. The van der Waals surface area contributed by atoms with Gasteiger partial charge in [0.15, 0.2) is 9.75 Å². The monoisotopic (exact) mass is 775 g/mol. The predicted molar refractivity (Wildman–Crippen MR) is 211 cm³/mol. The van der Waals surface area contributed by atoms with Crippen LogP contribution in [0.4, 0.5) is 11.4 Å². The van der Waals surface area contributed by atoms with Gasteiger partial charge in [0, 0.05) is 35.6 Å². The van der Waals surface area contributed by atoms with Crippen molar-refractivity contribution in [3.05, 3.63) is 88.4 Å². The molecule has 0 aliphatic rings. The van der Waals surface area contributed by atoms with E-state index in [4.69, 9.17) is 49.1 Å². The molecule has 0 heterocycles. The molecule has 3 rings (SSSR count). The second kappa shape index (κ2) is 18.6. The van der Waals surface area contributed by atoms with Crippen LogP contribution in [0.5, 0.6) is 5.75 Å². The van der Waals surface area contributed by atoms with Crippen LogP contribution in [0, 0.1) is 13.8 Å². The smallest absolute Gasteiger partial charge is 0.292 e. The molecule has 0 bridgehead atoms. The average Bonchev–Trinajstić information content (AvgIpc) is 3.10. The number of para-hydroxylation sites is 1. The Balaban J connectivity index is 2.48. The van der Waals surface area contributed by atoms with Gasteiger partial charge in [0.2, 0.25) is 5.60 Å². The van der Waals surface area contributed by atoms with Gasteiger partial charge < -0.3 is 19.3 Å². The van der Waals surface area contributed by atoms with Crippen molar-refractivity contribution in [3.8, 4) is 5.75 Å². The molecule has 284 valence electrons. The van der Waals surface area contributed by atoms with Gasteiger partial charge in [0.25, 0.3) is 17.7 Å². The van der Waals surface area contributed by atoms with Gasteiger partial charge in [-0.05, 0) is 107 Å². The predicted octanol–water partition coefficient (Wildman–Crippen LogP) is 8.60. The Morgan fingerprint density at radius 1 is 0.904 bits per heavy atom. The van der Waals surface area contributed by atoms with Crippen molar-refractivity contribution in [1.82, 2.24) is 5.48 Å². The van der Waals surface area contributed by atoms with Crippen molar-refractivity contribution >= 4 is 63.9 Å². The number of halogens is 3. The maximum atomic E-state index is 15.5. The number of aryl methyl sites for hydroxylation is 3. The van der Waals surface area contributed by atoms with Crippen molar-refractivity contribution in [3.63, 3.8) is 0 Å². The molecular weight excluding hydrogens is 725 g/mol. The molecule has 3 aromatic carbocycles. The number of alkyl halides is 2. The molecule has 0 aliphatic heterocycles. The summed E-state index contributed by atoms with van der Waals surface area (Å²) in [5, 5.41) is 0.407. The second-order valence-electron chi connectivity index (χ2n) is 13.1. The van der Waals surface area contributed by atoms with Crippen LogP contribution in [0.15, 0.2) is 66.7 Å². The van der Waals surface area contributed by atoms with E-state index in [0.717, 1.165) is 17.5 Å². The highest BCUT2D eigenvalue weighted by molar-refractivity contribution is 6.46. The van der Waals surface area contributed by atoms with E-state index in [2.05, 4.69) is 5.48 Å². The van der Waals surface area contributed by atoms with E-state index >= 15 is 9.59 Å². The molecule has 9 nitrogen and oxygen atoms in total. The highest BCUT2D eigenvalue weighted by Crippen LogP contribution is 2.51. The molecule has 3 amide bonds. The Labute approximate surface area is 323 Å². The van der Waals surface area contributed by atoms with Crippen LogP contribution in [-0.2, 0) is 30.4 Å². The molecule has 0 aliphatic carbocycles. The van der Waals surface area contributed by atoms with Gasteiger partial charge in [-0.1, -0.05) is 62.7 Å². The van der Waals surface area contributed by atoms with E-state index < -0.39 is 39.1 Å². The van der Waals surface area contributed by atoms with Crippen LogP contribution in [0.3, 0.4) is 0 Å². The van der Waals surface area contributed by atoms with E-state index in [0.29, 0.717) is 35.0 Å². The van der Waals surface area contributed by atoms with Gasteiger partial charge in [-0.25, -0.2) is 5.48 Å². The van der Waals surface area contributed by atoms with Crippen LogP contribution < -0.4 is 20.0 Å². The molecule has 0 radical (unpaired) electrons. The number of carbonyl (C=O) groups excluding carboxylic acids is 3. The lowest BCUT2D eigenvalue weighted by Crippen LogP contribution is -2.79. The number of anilines is 2. The van der Waals surface area contributed by atoms with Gasteiger partial charge in [-0.15, -0.1) is 23.2 Å². The summed E-state index contributed by atoms with van der Waals surface area (Å²) in [5.74, 6) is -2.37. The first-order valence-electron chi connectivity index (χ1n) is 17.6. The standard InChI is InChI=1S/C40H52Cl3N3O6/c1-10-23-51-24-22-45(33-19-14-13-17-30(33)11-2)37(49)39(43,12-3)40(35(47)44-50-9,52-34-21-20-31(41)26-29(34)7)38(8,42)36(48)46(27(4)5)32-18-15-16-28(6)25-32/h13-21,25-27H,10-12,22-24H2,1-9H3,(H,44,47). The number of ether oxygens (including phenoxy) is 2. The molecule has 0 saturated carbocycles. The lowest BCUT2D eigenvalue weighted by Gasteiger charge is -2.52. The van der Waals surface area contributed by atoms with E-state index in [1.807, 2.05) is 77.1 Å². The highest BCUT2D eigenvalue weighted by Gasteiger charge is 2.74. The number of rotatable bonds is 18. The fourth-order valence-electron chi connectivity index (χ4n) is 6.42. The van der Waals surface area contributed by atoms with Gasteiger partial charge in [0.05, 0.1) is 13.7 Å². The zero-order valence-corrected chi connectivity index (χ0v) is 33.9.